The molecule has 1 aliphatic heterocycles. The standard InChI is InChI=1S/C14H15NO4/c1-14(2)18-11(9-13(17)19-14)8-12(16)15-10-6-4-3-5-7-10/h3-7,9H,8H2,1-2H3,(H,15,16). The minimum absolute atomic E-state index is 0.00652. The van der Waals surface area contributed by atoms with E-state index in [1.807, 2.05) is 18.2 Å². The predicted molar refractivity (Wildman–Crippen MR) is 69.0 cm³/mol. The normalized spacial score (nSPS) is 16.9. The average Bonchev–Trinajstić information content (AvgIpc) is 2.26. The Labute approximate surface area is 111 Å². The fourth-order valence-electron chi connectivity index (χ4n) is 1.74. The molecule has 0 atom stereocenters. The second-order valence-corrected chi connectivity index (χ2v) is 4.62. The highest BCUT2D eigenvalue weighted by Crippen LogP contribution is 2.24. The van der Waals surface area contributed by atoms with Crippen molar-refractivity contribution >= 4 is 17.6 Å². The summed E-state index contributed by atoms with van der Waals surface area (Å²) in [5.41, 5.74) is 0.700. The Kier molecular flexibility index (Phi) is 3.55. The summed E-state index contributed by atoms with van der Waals surface area (Å²) in [6, 6.07) is 9.08. The van der Waals surface area contributed by atoms with Crippen molar-refractivity contribution < 1.29 is 19.1 Å². The zero-order valence-electron chi connectivity index (χ0n) is 10.8. The van der Waals surface area contributed by atoms with E-state index in [2.05, 4.69) is 5.32 Å². The number of carbonyl (C=O) groups excluding carboxylic acids is 2. The number of hydrogen-bond donors (Lipinski definition) is 1. The molecule has 1 N–H and O–H groups in total. The van der Waals surface area contributed by atoms with Gasteiger partial charge in [-0.2, -0.15) is 0 Å². The Morgan fingerprint density at radius 2 is 1.89 bits per heavy atom. The molecular formula is C14H15NO4. The first-order valence-corrected chi connectivity index (χ1v) is 5.92. The molecule has 1 aromatic carbocycles. The molecule has 1 amide bonds. The van der Waals surface area contributed by atoms with E-state index < -0.39 is 11.8 Å². The van der Waals surface area contributed by atoms with Crippen LogP contribution in [0.3, 0.4) is 0 Å². The number of amides is 1. The number of carbonyl (C=O) groups is 2. The molecule has 0 radical (unpaired) electrons. The van der Waals surface area contributed by atoms with Crippen molar-refractivity contribution in [1.82, 2.24) is 0 Å². The van der Waals surface area contributed by atoms with Crippen molar-refractivity contribution in [2.45, 2.75) is 26.1 Å². The van der Waals surface area contributed by atoms with Gasteiger partial charge < -0.3 is 14.8 Å². The van der Waals surface area contributed by atoms with Crippen molar-refractivity contribution in [3.63, 3.8) is 0 Å². The van der Waals surface area contributed by atoms with Crippen LogP contribution in [-0.4, -0.2) is 17.7 Å². The van der Waals surface area contributed by atoms with Crippen LogP contribution in [0.2, 0.25) is 0 Å². The van der Waals surface area contributed by atoms with Crippen molar-refractivity contribution in [3.8, 4) is 0 Å². The van der Waals surface area contributed by atoms with Crippen LogP contribution in [0.4, 0.5) is 5.69 Å². The molecule has 1 aliphatic rings. The molecule has 2 rings (SSSR count). The number of rotatable bonds is 3. The maximum Gasteiger partial charge on any atom is 0.337 e. The summed E-state index contributed by atoms with van der Waals surface area (Å²) in [5.74, 6) is -1.48. The lowest BCUT2D eigenvalue weighted by Gasteiger charge is -2.30. The highest BCUT2D eigenvalue weighted by atomic mass is 16.7. The molecule has 1 heterocycles. The van der Waals surface area contributed by atoms with E-state index in [0.29, 0.717) is 11.4 Å². The SMILES string of the molecule is CC1(C)OC(=O)C=C(CC(=O)Nc2ccccc2)O1. The van der Waals surface area contributed by atoms with E-state index >= 15 is 0 Å². The second kappa shape index (κ2) is 5.14. The monoisotopic (exact) mass is 261 g/mol. The number of anilines is 1. The largest absolute Gasteiger partial charge is 0.456 e. The topological polar surface area (TPSA) is 64.6 Å². The first-order chi connectivity index (χ1) is 8.94. The summed E-state index contributed by atoms with van der Waals surface area (Å²) >= 11 is 0. The number of esters is 1. The summed E-state index contributed by atoms with van der Waals surface area (Å²) in [4.78, 5) is 23.1. The number of benzene rings is 1. The van der Waals surface area contributed by atoms with Crippen LogP contribution in [0.5, 0.6) is 0 Å². The van der Waals surface area contributed by atoms with Gasteiger partial charge in [0.2, 0.25) is 11.7 Å². The van der Waals surface area contributed by atoms with Crippen molar-refractivity contribution in [3.05, 3.63) is 42.2 Å². The molecule has 0 spiro atoms. The van der Waals surface area contributed by atoms with E-state index in [9.17, 15) is 9.59 Å². The van der Waals surface area contributed by atoms with Crippen molar-refractivity contribution in [2.75, 3.05) is 5.32 Å². The van der Waals surface area contributed by atoms with Gasteiger partial charge in [-0.15, -0.1) is 0 Å². The van der Waals surface area contributed by atoms with Gasteiger partial charge >= 0.3 is 5.97 Å². The molecule has 5 heteroatoms. The fraction of sp³-hybridized carbons (Fsp3) is 0.286. The zero-order valence-corrected chi connectivity index (χ0v) is 10.8. The van der Waals surface area contributed by atoms with Crippen LogP contribution in [0.25, 0.3) is 0 Å². The van der Waals surface area contributed by atoms with Gasteiger partial charge in [0.1, 0.15) is 5.76 Å². The minimum Gasteiger partial charge on any atom is -0.456 e. The van der Waals surface area contributed by atoms with E-state index in [1.165, 1.54) is 6.08 Å². The molecule has 0 bridgehead atoms. The third kappa shape index (κ3) is 3.84. The van der Waals surface area contributed by atoms with Gasteiger partial charge in [0.15, 0.2) is 0 Å². The molecule has 0 aliphatic carbocycles. The van der Waals surface area contributed by atoms with Gasteiger partial charge in [0.05, 0.1) is 12.5 Å². The van der Waals surface area contributed by atoms with Crippen LogP contribution >= 0.6 is 0 Å². The maximum absolute atomic E-state index is 11.8. The quantitative estimate of drug-likeness (QED) is 0.847. The van der Waals surface area contributed by atoms with Gasteiger partial charge in [-0.3, -0.25) is 4.79 Å². The van der Waals surface area contributed by atoms with E-state index in [4.69, 9.17) is 9.47 Å². The van der Waals surface area contributed by atoms with Gasteiger partial charge in [-0.05, 0) is 12.1 Å². The highest BCUT2D eigenvalue weighted by molar-refractivity contribution is 5.93. The number of para-hydroxylation sites is 1. The Hall–Kier alpha value is -2.30. The lowest BCUT2D eigenvalue weighted by Crippen LogP contribution is -2.35. The number of hydrogen-bond acceptors (Lipinski definition) is 4. The number of ether oxygens (including phenoxy) is 2. The third-order valence-electron chi connectivity index (χ3n) is 2.39. The van der Waals surface area contributed by atoms with Crippen molar-refractivity contribution in [2.24, 2.45) is 0 Å². The second-order valence-electron chi connectivity index (χ2n) is 4.62. The molecule has 0 aromatic heterocycles. The molecule has 19 heavy (non-hydrogen) atoms. The summed E-state index contributed by atoms with van der Waals surface area (Å²) in [6.45, 7) is 3.24. The first-order valence-electron chi connectivity index (χ1n) is 5.92. The smallest absolute Gasteiger partial charge is 0.337 e. The fourth-order valence-corrected chi connectivity index (χ4v) is 1.74. The number of cyclic esters (lactones) is 1. The Balaban J connectivity index is 1.98. The summed E-state index contributed by atoms with van der Waals surface area (Å²) in [6.07, 6.45) is 1.18. The summed E-state index contributed by atoms with van der Waals surface area (Å²) in [7, 11) is 0. The molecule has 5 nitrogen and oxygen atoms in total. The van der Waals surface area contributed by atoms with Crippen LogP contribution in [0.1, 0.15) is 20.3 Å². The van der Waals surface area contributed by atoms with Crippen LogP contribution in [-0.2, 0) is 19.1 Å². The van der Waals surface area contributed by atoms with Gasteiger partial charge in [-0.1, -0.05) is 18.2 Å². The van der Waals surface area contributed by atoms with E-state index in [1.54, 1.807) is 26.0 Å². The first kappa shape index (κ1) is 13.1. The van der Waals surface area contributed by atoms with E-state index in [0.717, 1.165) is 0 Å². The van der Waals surface area contributed by atoms with Crippen LogP contribution < -0.4 is 5.32 Å². The lowest BCUT2D eigenvalue weighted by atomic mass is 10.2. The molecular weight excluding hydrogens is 246 g/mol. The molecule has 100 valence electrons. The third-order valence-corrected chi connectivity index (χ3v) is 2.39. The Bertz CT molecular complexity index is 520. The molecule has 0 saturated heterocycles. The van der Waals surface area contributed by atoms with Gasteiger partial charge in [0, 0.05) is 19.5 Å². The van der Waals surface area contributed by atoms with E-state index in [-0.39, 0.29) is 12.3 Å². The minimum atomic E-state index is -1.03. The van der Waals surface area contributed by atoms with Gasteiger partial charge in [0.25, 0.3) is 0 Å². The molecule has 0 fully saturated rings. The lowest BCUT2D eigenvalue weighted by molar-refractivity contribution is -0.205. The number of nitrogens with one attached hydrogen (secondary N) is 1. The summed E-state index contributed by atoms with van der Waals surface area (Å²) in [5, 5.41) is 2.72. The molecule has 1 aromatic rings. The molecule has 0 unspecified atom stereocenters. The van der Waals surface area contributed by atoms with Gasteiger partial charge in [-0.25, -0.2) is 4.79 Å². The Morgan fingerprint density at radius 3 is 2.53 bits per heavy atom. The highest BCUT2D eigenvalue weighted by Gasteiger charge is 2.30. The Morgan fingerprint density at radius 1 is 1.21 bits per heavy atom. The summed E-state index contributed by atoms with van der Waals surface area (Å²) < 4.78 is 10.3. The maximum atomic E-state index is 11.8. The zero-order chi connectivity index (χ0) is 13.9. The average molecular weight is 261 g/mol. The molecule has 0 saturated carbocycles. The van der Waals surface area contributed by atoms with Crippen LogP contribution in [0.15, 0.2) is 42.2 Å². The van der Waals surface area contributed by atoms with Crippen LogP contribution in [0, 0.1) is 0 Å². The van der Waals surface area contributed by atoms with Crippen molar-refractivity contribution in [1.29, 1.82) is 0 Å². The predicted octanol–water partition coefficient (Wildman–Crippen LogP) is 2.21.